The smallest absolute Gasteiger partial charge is 0.242 e. The summed E-state index contributed by atoms with van der Waals surface area (Å²) in [6, 6.07) is 7.92. The first kappa shape index (κ1) is 12.5. The number of hydrogen-bond donors (Lipinski definition) is 2. The Hall–Kier alpha value is -1.50. The third-order valence-electron chi connectivity index (χ3n) is 3.24. The standard InChI is InChI=1S/C13H15N3O2S/c14-13(5-6-18-8-13)12(17)15-7-11-16-9-3-1-2-4-10(9)19-11/h1-4H,5-8,14H2,(H,15,17). The molecular weight excluding hydrogens is 262 g/mol. The molecule has 0 saturated carbocycles. The van der Waals surface area contributed by atoms with Gasteiger partial charge in [-0.25, -0.2) is 4.98 Å². The SMILES string of the molecule is NC1(C(=O)NCc2nc3ccccc3s2)CCOC1. The van der Waals surface area contributed by atoms with E-state index in [4.69, 9.17) is 10.5 Å². The van der Waals surface area contributed by atoms with E-state index in [0.29, 0.717) is 26.2 Å². The van der Waals surface area contributed by atoms with Gasteiger partial charge in [0.15, 0.2) is 0 Å². The molecule has 2 aromatic rings. The fourth-order valence-electron chi connectivity index (χ4n) is 2.09. The van der Waals surface area contributed by atoms with Crippen molar-refractivity contribution in [3.8, 4) is 0 Å². The minimum Gasteiger partial charge on any atom is -0.379 e. The lowest BCUT2D eigenvalue weighted by molar-refractivity contribution is -0.126. The topological polar surface area (TPSA) is 77.2 Å². The van der Waals surface area contributed by atoms with E-state index in [1.807, 2.05) is 24.3 Å². The number of para-hydroxylation sites is 1. The molecule has 3 N–H and O–H groups in total. The number of nitrogens with zero attached hydrogens (tertiary/aromatic N) is 1. The first-order chi connectivity index (χ1) is 9.17. The molecule has 1 aliphatic heterocycles. The van der Waals surface area contributed by atoms with Crippen molar-refractivity contribution >= 4 is 27.5 Å². The minimum atomic E-state index is -0.878. The van der Waals surface area contributed by atoms with Crippen molar-refractivity contribution in [2.24, 2.45) is 5.73 Å². The van der Waals surface area contributed by atoms with Gasteiger partial charge >= 0.3 is 0 Å². The molecule has 0 aliphatic carbocycles. The summed E-state index contributed by atoms with van der Waals surface area (Å²) >= 11 is 1.58. The number of carbonyl (C=O) groups is 1. The van der Waals surface area contributed by atoms with Crippen molar-refractivity contribution in [2.75, 3.05) is 13.2 Å². The first-order valence-electron chi connectivity index (χ1n) is 6.17. The van der Waals surface area contributed by atoms with Crippen molar-refractivity contribution in [2.45, 2.75) is 18.5 Å². The van der Waals surface area contributed by atoms with E-state index < -0.39 is 5.54 Å². The summed E-state index contributed by atoms with van der Waals surface area (Å²) in [6.45, 7) is 1.25. The third-order valence-corrected chi connectivity index (χ3v) is 4.28. The van der Waals surface area contributed by atoms with Crippen LogP contribution in [0.2, 0.25) is 0 Å². The van der Waals surface area contributed by atoms with Gasteiger partial charge in [-0.1, -0.05) is 12.1 Å². The van der Waals surface area contributed by atoms with Crippen LogP contribution in [0.4, 0.5) is 0 Å². The number of carbonyl (C=O) groups excluding carboxylic acids is 1. The van der Waals surface area contributed by atoms with E-state index in [2.05, 4.69) is 10.3 Å². The molecule has 19 heavy (non-hydrogen) atoms. The van der Waals surface area contributed by atoms with Crippen LogP contribution in [0.3, 0.4) is 0 Å². The molecule has 2 heterocycles. The number of nitrogens with one attached hydrogen (secondary N) is 1. The molecule has 0 bridgehead atoms. The van der Waals surface area contributed by atoms with Crippen molar-refractivity contribution in [1.82, 2.24) is 10.3 Å². The highest BCUT2D eigenvalue weighted by molar-refractivity contribution is 7.18. The lowest BCUT2D eigenvalue weighted by Crippen LogP contribution is -2.54. The van der Waals surface area contributed by atoms with Gasteiger partial charge in [0.2, 0.25) is 5.91 Å². The fourth-order valence-corrected chi connectivity index (χ4v) is 2.99. The van der Waals surface area contributed by atoms with E-state index in [0.717, 1.165) is 15.2 Å². The van der Waals surface area contributed by atoms with E-state index >= 15 is 0 Å². The largest absolute Gasteiger partial charge is 0.379 e. The molecule has 1 fully saturated rings. The predicted molar refractivity (Wildman–Crippen MR) is 73.8 cm³/mol. The summed E-state index contributed by atoms with van der Waals surface area (Å²) < 4.78 is 6.31. The normalized spacial score (nSPS) is 22.8. The number of fused-ring (bicyclic) bond motifs is 1. The van der Waals surface area contributed by atoms with Gasteiger partial charge in [0.05, 0.1) is 23.4 Å². The van der Waals surface area contributed by atoms with Gasteiger partial charge in [-0.3, -0.25) is 4.79 Å². The summed E-state index contributed by atoms with van der Waals surface area (Å²) in [6.07, 6.45) is 0.568. The number of ether oxygens (including phenoxy) is 1. The molecule has 6 heteroatoms. The first-order valence-corrected chi connectivity index (χ1v) is 6.98. The Balaban J connectivity index is 1.67. The number of hydrogen-bond acceptors (Lipinski definition) is 5. The van der Waals surface area contributed by atoms with Gasteiger partial charge < -0.3 is 15.8 Å². The van der Waals surface area contributed by atoms with Crippen LogP contribution >= 0.6 is 11.3 Å². The quantitative estimate of drug-likeness (QED) is 0.878. The highest BCUT2D eigenvalue weighted by Crippen LogP contribution is 2.21. The van der Waals surface area contributed by atoms with Crippen molar-refractivity contribution < 1.29 is 9.53 Å². The molecule has 1 atom stereocenters. The summed E-state index contributed by atoms with van der Waals surface area (Å²) in [5, 5.41) is 3.73. The molecule has 1 aromatic carbocycles. The maximum Gasteiger partial charge on any atom is 0.242 e. The van der Waals surface area contributed by atoms with E-state index in [1.165, 1.54) is 0 Å². The van der Waals surface area contributed by atoms with Crippen LogP contribution in [0.15, 0.2) is 24.3 Å². The Morgan fingerprint density at radius 2 is 2.37 bits per heavy atom. The molecule has 1 aromatic heterocycles. The molecule has 0 spiro atoms. The summed E-state index contributed by atoms with van der Waals surface area (Å²) in [4.78, 5) is 16.5. The number of thiazole rings is 1. The predicted octanol–water partition coefficient (Wildman–Crippen LogP) is 1.03. The zero-order valence-electron chi connectivity index (χ0n) is 10.4. The highest BCUT2D eigenvalue weighted by Gasteiger charge is 2.38. The number of rotatable bonds is 3. The summed E-state index contributed by atoms with van der Waals surface area (Å²) in [5.41, 5.74) is 6.07. The molecule has 1 saturated heterocycles. The van der Waals surface area contributed by atoms with Crippen molar-refractivity contribution in [3.05, 3.63) is 29.3 Å². The average Bonchev–Trinajstić information content (AvgIpc) is 3.02. The van der Waals surface area contributed by atoms with E-state index in [9.17, 15) is 4.79 Å². The van der Waals surface area contributed by atoms with Crippen LogP contribution in [-0.4, -0.2) is 29.6 Å². The Morgan fingerprint density at radius 1 is 1.53 bits per heavy atom. The van der Waals surface area contributed by atoms with Crippen LogP contribution in [0.25, 0.3) is 10.2 Å². The van der Waals surface area contributed by atoms with Gasteiger partial charge in [0.25, 0.3) is 0 Å². The second kappa shape index (κ2) is 4.88. The number of aromatic nitrogens is 1. The Labute approximate surface area is 114 Å². The van der Waals surface area contributed by atoms with Crippen LogP contribution in [0.5, 0.6) is 0 Å². The molecule has 0 radical (unpaired) electrons. The summed E-state index contributed by atoms with van der Waals surface area (Å²) in [5.74, 6) is -0.163. The number of nitrogens with two attached hydrogens (primary N) is 1. The Morgan fingerprint density at radius 3 is 3.11 bits per heavy atom. The minimum absolute atomic E-state index is 0.163. The zero-order chi connectivity index (χ0) is 13.3. The number of benzene rings is 1. The van der Waals surface area contributed by atoms with Crippen LogP contribution < -0.4 is 11.1 Å². The average molecular weight is 277 g/mol. The molecule has 3 rings (SSSR count). The molecule has 1 amide bonds. The van der Waals surface area contributed by atoms with Gasteiger partial charge in [0.1, 0.15) is 10.5 Å². The molecule has 5 nitrogen and oxygen atoms in total. The van der Waals surface area contributed by atoms with Gasteiger partial charge in [-0.2, -0.15) is 0 Å². The van der Waals surface area contributed by atoms with E-state index in [-0.39, 0.29) is 5.91 Å². The summed E-state index contributed by atoms with van der Waals surface area (Å²) in [7, 11) is 0. The van der Waals surface area contributed by atoms with Gasteiger partial charge in [-0.05, 0) is 18.6 Å². The number of amides is 1. The maximum atomic E-state index is 12.0. The van der Waals surface area contributed by atoms with Crippen LogP contribution in [0, 0.1) is 0 Å². The third kappa shape index (κ3) is 2.47. The Kier molecular flexibility index (Phi) is 3.22. The van der Waals surface area contributed by atoms with E-state index in [1.54, 1.807) is 11.3 Å². The van der Waals surface area contributed by atoms with Crippen LogP contribution in [-0.2, 0) is 16.1 Å². The fraction of sp³-hybridized carbons (Fsp3) is 0.385. The second-order valence-corrected chi connectivity index (χ2v) is 5.83. The second-order valence-electron chi connectivity index (χ2n) is 4.72. The molecule has 1 unspecified atom stereocenters. The molecule has 100 valence electrons. The highest BCUT2D eigenvalue weighted by atomic mass is 32.1. The zero-order valence-corrected chi connectivity index (χ0v) is 11.2. The van der Waals surface area contributed by atoms with Crippen LogP contribution in [0.1, 0.15) is 11.4 Å². The van der Waals surface area contributed by atoms with Crippen molar-refractivity contribution in [1.29, 1.82) is 0 Å². The lowest BCUT2D eigenvalue weighted by atomic mass is 9.99. The lowest BCUT2D eigenvalue weighted by Gasteiger charge is -2.19. The Bertz CT molecular complexity index is 572. The monoisotopic (exact) mass is 277 g/mol. The molecular formula is C13H15N3O2S. The molecule has 1 aliphatic rings. The van der Waals surface area contributed by atoms with Gasteiger partial charge in [-0.15, -0.1) is 11.3 Å². The van der Waals surface area contributed by atoms with Gasteiger partial charge in [0, 0.05) is 6.61 Å². The maximum absolute atomic E-state index is 12.0. The van der Waals surface area contributed by atoms with Crippen molar-refractivity contribution in [3.63, 3.8) is 0 Å².